The molecular formula is C12H20N4O. The van der Waals surface area contributed by atoms with Crippen LogP contribution in [0.5, 0.6) is 0 Å². The second-order valence-electron chi connectivity index (χ2n) is 4.64. The number of nitrogen functional groups attached to an aromatic ring is 1. The average Bonchev–Trinajstić information content (AvgIpc) is 2.35. The number of hydrogen-bond acceptors (Lipinski definition) is 5. The van der Waals surface area contributed by atoms with Gasteiger partial charge in [-0.2, -0.15) is 4.98 Å². The fourth-order valence-electron chi connectivity index (χ4n) is 2.15. The van der Waals surface area contributed by atoms with Crippen molar-refractivity contribution >= 4 is 11.8 Å². The first-order valence-corrected chi connectivity index (χ1v) is 6.10. The lowest BCUT2D eigenvalue weighted by Crippen LogP contribution is -2.31. The van der Waals surface area contributed by atoms with Gasteiger partial charge in [0, 0.05) is 31.0 Å². The maximum atomic E-state index is 5.60. The van der Waals surface area contributed by atoms with Gasteiger partial charge >= 0.3 is 0 Å². The lowest BCUT2D eigenvalue weighted by molar-refractivity contribution is 0.0622. The first-order chi connectivity index (χ1) is 8.16. The number of rotatable bonds is 3. The quantitative estimate of drug-likeness (QED) is 0.833. The molecule has 1 fully saturated rings. The van der Waals surface area contributed by atoms with Crippen LogP contribution in [0, 0.1) is 12.8 Å². The van der Waals surface area contributed by atoms with Crippen LogP contribution in [0.15, 0.2) is 6.20 Å². The van der Waals surface area contributed by atoms with Gasteiger partial charge in [-0.3, -0.25) is 0 Å². The summed E-state index contributed by atoms with van der Waals surface area (Å²) in [5.74, 6) is 1.80. The Hall–Kier alpha value is -1.36. The van der Waals surface area contributed by atoms with E-state index in [1.54, 1.807) is 6.20 Å². The summed E-state index contributed by atoms with van der Waals surface area (Å²) in [6, 6.07) is 0.381. The summed E-state index contributed by atoms with van der Waals surface area (Å²) < 4.78 is 5.37. The van der Waals surface area contributed by atoms with Crippen molar-refractivity contribution < 1.29 is 4.74 Å². The van der Waals surface area contributed by atoms with Crippen molar-refractivity contribution in [1.82, 2.24) is 9.97 Å². The van der Waals surface area contributed by atoms with Gasteiger partial charge in [-0.25, -0.2) is 4.98 Å². The minimum atomic E-state index is 0.317. The van der Waals surface area contributed by atoms with E-state index in [2.05, 4.69) is 22.2 Å². The third-order valence-corrected chi connectivity index (χ3v) is 3.33. The highest BCUT2D eigenvalue weighted by Gasteiger charge is 2.21. The molecule has 1 unspecified atom stereocenters. The molecule has 0 spiro atoms. The monoisotopic (exact) mass is 236 g/mol. The molecule has 0 aromatic carbocycles. The van der Waals surface area contributed by atoms with Crippen molar-refractivity contribution in [2.75, 3.05) is 24.3 Å². The Morgan fingerprint density at radius 2 is 2.18 bits per heavy atom. The van der Waals surface area contributed by atoms with Gasteiger partial charge in [-0.05, 0) is 32.6 Å². The van der Waals surface area contributed by atoms with Crippen molar-refractivity contribution in [2.45, 2.75) is 32.7 Å². The Kier molecular flexibility index (Phi) is 3.78. The molecule has 0 saturated carbocycles. The highest BCUT2D eigenvalue weighted by molar-refractivity contribution is 5.45. The summed E-state index contributed by atoms with van der Waals surface area (Å²) >= 11 is 0. The largest absolute Gasteiger partial charge is 0.381 e. The van der Waals surface area contributed by atoms with E-state index in [1.807, 2.05) is 6.92 Å². The molecule has 3 N–H and O–H groups in total. The van der Waals surface area contributed by atoms with Gasteiger partial charge in [0.1, 0.15) is 5.82 Å². The molecular weight excluding hydrogens is 216 g/mol. The molecule has 1 atom stereocenters. The van der Waals surface area contributed by atoms with Crippen molar-refractivity contribution in [3.05, 3.63) is 11.8 Å². The fraction of sp³-hybridized carbons (Fsp3) is 0.667. The minimum absolute atomic E-state index is 0.317. The fourth-order valence-corrected chi connectivity index (χ4v) is 2.15. The van der Waals surface area contributed by atoms with Crippen molar-refractivity contribution in [2.24, 2.45) is 5.92 Å². The van der Waals surface area contributed by atoms with Crippen molar-refractivity contribution in [3.8, 4) is 0 Å². The van der Waals surface area contributed by atoms with E-state index in [4.69, 9.17) is 10.5 Å². The number of aryl methyl sites for hydroxylation is 1. The van der Waals surface area contributed by atoms with Gasteiger partial charge in [0.05, 0.1) is 0 Å². The predicted molar refractivity (Wildman–Crippen MR) is 67.8 cm³/mol. The smallest absolute Gasteiger partial charge is 0.221 e. The molecule has 1 aromatic heterocycles. The SMILES string of the molecule is Cc1cnc(N)nc1NC(C)C1CCOCC1. The number of nitrogens with one attached hydrogen (secondary N) is 1. The van der Waals surface area contributed by atoms with E-state index in [9.17, 15) is 0 Å². The average molecular weight is 236 g/mol. The molecule has 1 aliphatic heterocycles. The van der Waals surface area contributed by atoms with Crippen LogP contribution in [0.2, 0.25) is 0 Å². The summed E-state index contributed by atoms with van der Waals surface area (Å²) in [4.78, 5) is 8.20. The minimum Gasteiger partial charge on any atom is -0.381 e. The predicted octanol–water partition coefficient (Wildman–Crippen LogP) is 1.59. The molecule has 0 bridgehead atoms. The molecule has 2 heterocycles. The van der Waals surface area contributed by atoms with Crippen LogP contribution < -0.4 is 11.1 Å². The zero-order valence-electron chi connectivity index (χ0n) is 10.4. The number of anilines is 2. The van der Waals surface area contributed by atoms with Crippen LogP contribution in [0.4, 0.5) is 11.8 Å². The Labute approximate surface area is 102 Å². The van der Waals surface area contributed by atoms with Crippen LogP contribution in [0.1, 0.15) is 25.3 Å². The second kappa shape index (κ2) is 5.31. The normalized spacial score (nSPS) is 18.9. The van der Waals surface area contributed by atoms with Gasteiger partial charge in [0.2, 0.25) is 5.95 Å². The molecule has 1 saturated heterocycles. The first-order valence-electron chi connectivity index (χ1n) is 6.10. The molecule has 5 nitrogen and oxygen atoms in total. The lowest BCUT2D eigenvalue weighted by atomic mass is 9.93. The molecule has 1 aliphatic rings. The summed E-state index contributed by atoms with van der Waals surface area (Å²) in [5, 5.41) is 3.43. The zero-order chi connectivity index (χ0) is 12.3. The number of hydrogen-bond donors (Lipinski definition) is 2. The maximum Gasteiger partial charge on any atom is 0.221 e. The van der Waals surface area contributed by atoms with Gasteiger partial charge < -0.3 is 15.8 Å². The Bertz CT molecular complexity index is 377. The van der Waals surface area contributed by atoms with E-state index in [-0.39, 0.29) is 0 Å². The summed E-state index contributed by atoms with van der Waals surface area (Å²) in [7, 11) is 0. The number of ether oxygens (including phenoxy) is 1. The summed E-state index contributed by atoms with van der Waals surface area (Å²) in [5.41, 5.74) is 6.63. The maximum absolute atomic E-state index is 5.60. The molecule has 1 aromatic rings. The van der Waals surface area contributed by atoms with Crippen LogP contribution in [0.3, 0.4) is 0 Å². The Morgan fingerprint density at radius 3 is 2.88 bits per heavy atom. The van der Waals surface area contributed by atoms with Crippen LogP contribution in [-0.4, -0.2) is 29.2 Å². The zero-order valence-corrected chi connectivity index (χ0v) is 10.4. The number of nitrogens with zero attached hydrogens (tertiary/aromatic N) is 2. The molecule has 94 valence electrons. The van der Waals surface area contributed by atoms with Crippen molar-refractivity contribution in [1.29, 1.82) is 0 Å². The van der Waals surface area contributed by atoms with Crippen LogP contribution in [0.25, 0.3) is 0 Å². The van der Waals surface area contributed by atoms with E-state index in [0.29, 0.717) is 17.9 Å². The van der Waals surface area contributed by atoms with Gasteiger partial charge in [-0.15, -0.1) is 0 Å². The van der Waals surface area contributed by atoms with E-state index < -0.39 is 0 Å². The highest BCUT2D eigenvalue weighted by atomic mass is 16.5. The standard InChI is InChI=1S/C12H20N4O/c1-8-7-14-12(13)16-11(8)15-9(2)10-3-5-17-6-4-10/h7,9-10H,3-6H2,1-2H3,(H3,13,14,15,16). The van der Waals surface area contributed by atoms with E-state index >= 15 is 0 Å². The molecule has 0 aliphatic carbocycles. The third-order valence-electron chi connectivity index (χ3n) is 3.33. The van der Waals surface area contributed by atoms with Crippen LogP contribution >= 0.6 is 0 Å². The van der Waals surface area contributed by atoms with E-state index in [1.165, 1.54) is 0 Å². The topological polar surface area (TPSA) is 73.1 Å². The number of aromatic nitrogens is 2. The molecule has 2 rings (SSSR count). The molecule has 5 heteroatoms. The first kappa shape index (κ1) is 12.1. The van der Waals surface area contributed by atoms with Crippen LogP contribution in [-0.2, 0) is 4.74 Å². The van der Waals surface area contributed by atoms with Gasteiger partial charge in [0.25, 0.3) is 0 Å². The second-order valence-corrected chi connectivity index (χ2v) is 4.64. The van der Waals surface area contributed by atoms with Crippen molar-refractivity contribution in [3.63, 3.8) is 0 Å². The summed E-state index contributed by atoms with van der Waals surface area (Å²) in [6.45, 7) is 5.90. The lowest BCUT2D eigenvalue weighted by Gasteiger charge is -2.29. The number of nitrogens with two attached hydrogens (primary N) is 1. The molecule has 17 heavy (non-hydrogen) atoms. The van der Waals surface area contributed by atoms with E-state index in [0.717, 1.165) is 37.4 Å². The van der Waals surface area contributed by atoms with Gasteiger partial charge in [-0.1, -0.05) is 0 Å². The third kappa shape index (κ3) is 3.06. The Morgan fingerprint density at radius 1 is 1.47 bits per heavy atom. The molecule has 0 amide bonds. The Balaban J connectivity index is 2.01. The summed E-state index contributed by atoms with van der Waals surface area (Å²) in [6.07, 6.45) is 3.96. The van der Waals surface area contributed by atoms with Gasteiger partial charge in [0.15, 0.2) is 0 Å². The highest BCUT2D eigenvalue weighted by Crippen LogP contribution is 2.22. The molecule has 0 radical (unpaired) electrons.